The van der Waals surface area contributed by atoms with Gasteiger partial charge in [0.05, 0.1) is 30.7 Å². The third-order valence-electron chi connectivity index (χ3n) is 10.2. The molecule has 1 aromatic rings. The van der Waals surface area contributed by atoms with Crippen LogP contribution in [-0.4, -0.2) is 120 Å². The fraction of sp³-hybridized carbons (Fsp3) is 0.629. The van der Waals surface area contributed by atoms with E-state index in [0.717, 1.165) is 31.6 Å². The number of carbonyl (C=O) groups excluding carboxylic acids is 3. The molecule has 45 heavy (non-hydrogen) atoms. The molecule has 5 atom stereocenters. The number of unbranched alkanes of at least 4 members (excludes halogenated alkanes) is 3. The molecule has 1 N–H and O–H groups in total. The molecule has 4 aliphatic heterocycles. The minimum atomic E-state index is -1.08. The Morgan fingerprint density at radius 1 is 1.00 bits per heavy atom. The van der Waals surface area contributed by atoms with Gasteiger partial charge in [-0.05, 0) is 44.7 Å². The molecule has 10 nitrogen and oxygen atoms in total. The van der Waals surface area contributed by atoms with Gasteiger partial charge in [-0.15, -0.1) is 13.2 Å². The van der Waals surface area contributed by atoms with Crippen LogP contribution in [0.3, 0.4) is 0 Å². The number of fused-ring (bicyclic) bond motifs is 1. The molecule has 10 heteroatoms. The van der Waals surface area contributed by atoms with Crippen LogP contribution >= 0.6 is 0 Å². The Morgan fingerprint density at radius 3 is 2.40 bits per heavy atom. The molecule has 0 saturated carbocycles. The van der Waals surface area contributed by atoms with Gasteiger partial charge in [-0.3, -0.25) is 19.3 Å². The number of carbonyl (C=O) groups is 3. The van der Waals surface area contributed by atoms with Crippen molar-refractivity contribution in [3.63, 3.8) is 0 Å². The summed E-state index contributed by atoms with van der Waals surface area (Å²) in [4.78, 5) is 51.3. The molecule has 2 bridgehead atoms. The first-order valence-electron chi connectivity index (χ1n) is 16.6. The van der Waals surface area contributed by atoms with E-state index in [1.165, 1.54) is 0 Å². The number of morpholine rings is 1. The van der Waals surface area contributed by atoms with Crippen LogP contribution in [0.5, 0.6) is 0 Å². The summed E-state index contributed by atoms with van der Waals surface area (Å²) in [7, 11) is 0. The Morgan fingerprint density at radius 2 is 1.71 bits per heavy atom. The second kappa shape index (κ2) is 14.6. The topological polar surface area (TPSA) is 103 Å². The van der Waals surface area contributed by atoms with Crippen LogP contribution in [0, 0.1) is 11.8 Å². The first-order chi connectivity index (χ1) is 21.8. The van der Waals surface area contributed by atoms with Gasteiger partial charge in [0, 0.05) is 58.1 Å². The molecule has 4 heterocycles. The summed E-state index contributed by atoms with van der Waals surface area (Å²) in [6.07, 6.45) is 7.64. The molecule has 1 aromatic carbocycles. The van der Waals surface area contributed by atoms with E-state index in [9.17, 15) is 19.5 Å². The number of para-hydroxylation sites is 1. The third-order valence-corrected chi connectivity index (χ3v) is 10.2. The van der Waals surface area contributed by atoms with Crippen molar-refractivity contribution in [2.45, 2.75) is 62.7 Å². The number of rotatable bonds is 16. The Kier molecular flexibility index (Phi) is 10.8. The quantitative estimate of drug-likeness (QED) is 0.224. The van der Waals surface area contributed by atoms with Gasteiger partial charge in [0.2, 0.25) is 17.7 Å². The third kappa shape index (κ3) is 6.48. The Hall–Kier alpha value is -3.05. The van der Waals surface area contributed by atoms with Crippen LogP contribution in [0.15, 0.2) is 55.6 Å². The van der Waals surface area contributed by atoms with Crippen molar-refractivity contribution in [3.05, 3.63) is 55.6 Å². The number of amides is 3. The smallest absolute Gasteiger partial charge is 0.248 e. The van der Waals surface area contributed by atoms with Crippen molar-refractivity contribution in [1.29, 1.82) is 0 Å². The van der Waals surface area contributed by atoms with Crippen molar-refractivity contribution in [2.24, 2.45) is 11.8 Å². The van der Waals surface area contributed by atoms with Crippen molar-refractivity contribution in [3.8, 4) is 0 Å². The monoisotopic (exact) mass is 622 g/mol. The number of anilines is 1. The van der Waals surface area contributed by atoms with E-state index in [0.29, 0.717) is 71.6 Å². The molecule has 0 radical (unpaired) electrons. The van der Waals surface area contributed by atoms with E-state index < -0.39 is 29.1 Å². The lowest BCUT2D eigenvalue weighted by Gasteiger charge is -2.37. The summed E-state index contributed by atoms with van der Waals surface area (Å²) in [5, 5.41) is 9.25. The van der Waals surface area contributed by atoms with Gasteiger partial charge in [-0.2, -0.15) is 0 Å². The maximum Gasteiger partial charge on any atom is 0.248 e. The maximum atomic E-state index is 14.7. The van der Waals surface area contributed by atoms with Crippen molar-refractivity contribution in [2.75, 3.05) is 70.5 Å². The maximum absolute atomic E-state index is 14.7. The lowest BCUT2D eigenvalue weighted by molar-refractivity contribution is -0.151. The molecule has 246 valence electrons. The molecule has 4 fully saturated rings. The van der Waals surface area contributed by atoms with E-state index in [-0.39, 0.29) is 24.3 Å². The van der Waals surface area contributed by atoms with Crippen molar-refractivity contribution >= 4 is 23.4 Å². The number of aliphatic hydroxyl groups is 1. The van der Waals surface area contributed by atoms with E-state index in [1.807, 2.05) is 37.3 Å². The molecule has 5 rings (SSSR count). The molecule has 4 aliphatic rings. The summed E-state index contributed by atoms with van der Waals surface area (Å²) < 4.78 is 12.4. The van der Waals surface area contributed by atoms with E-state index in [4.69, 9.17) is 9.47 Å². The van der Waals surface area contributed by atoms with Crippen molar-refractivity contribution in [1.82, 2.24) is 14.7 Å². The Bertz CT molecular complexity index is 1220. The van der Waals surface area contributed by atoms with Crippen LogP contribution in [0.25, 0.3) is 0 Å². The summed E-state index contributed by atoms with van der Waals surface area (Å²) >= 11 is 0. The fourth-order valence-corrected chi connectivity index (χ4v) is 8.00. The van der Waals surface area contributed by atoms with Crippen LogP contribution in [-0.2, 0) is 23.9 Å². The van der Waals surface area contributed by atoms with Crippen LogP contribution in [0.2, 0.25) is 0 Å². The molecule has 0 aliphatic carbocycles. The average molecular weight is 623 g/mol. The minimum Gasteiger partial charge on any atom is -0.396 e. The normalized spacial score (nSPS) is 29.1. The first-order valence-corrected chi connectivity index (χ1v) is 16.6. The molecule has 2 unspecified atom stereocenters. The van der Waals surface area contributed by atoms with E-state index in [2.05, 4.69) is 18.1 Å². The number of hydrogen-bond acceptors (Lipinski definition) is 7. The first kappa shape index (κ1) is 33.3. The van der Waals surface area contributed by atoms with Gasteiger partial charge >= 0.3 is 0 Å². The Balaban J connectivity index is 1.47. The second-order valence-electron chi connectivity index (χ2n) is 13.0. The van der Waals surface area contributed by atoms with Gasteiger partial charge in [-0.25, -0.2) is 0 Å². The summed E-state index contributed by atoms with van der Waals surface area (Å²) in [6.45, 7) is 15.1. The number of likely N-dealkylation sites (tertiary alicyclic amines) is 1. The van der Waals surface area contributed by atoms with E-state index >= 15 is 0 Å². The van der Waals surface area contributed by atoms with Gasteiger partial charge < -0.3 is 29.3 Å². The highest BCUT2D eigenvalue weighted by atomic mass is 16.5. The zero-order valence-electron chi connectivity index (χ0n) is 26.8. The molecule has 3 amide bonds. The molecular weight excluding hydrogens is 572 g/mol. The molecule has 0 aromatic heterocycles. The van der Waals surface area contributed by atoms with Gasteiger partial charge in [0.1, 0.15) is 11.6 Å². The highest BCUT2D eigenvalue weighted by Crippen LogP contribution is 2.63. The molecular formula is C35H50N4O6. The van der Waals surface area contributed by atoms with Gasteiger partial charge in [0.25, 0.3) is 0 Å². The predicted octanol–water partition coefficient (Wildman–Crippen LogP) is 2.87. The van der Waals surface area contributed by atoms with Crippen LogP contribution in [0.4, 0.5) is 5.69 Å². The highest BCUT2D eigenvalue weighted by molar-refractivity contribution is 6.03. The second-order valence-corrected chi connectivity index (χ2v) is 13.0. The number of benzene rings is 1. The van der Waals surface area contributed by atoms with Gasteiger partial charge in [0.15, 0.2) is 0 Å². The Labute approximate surface area is 267 Å². The zero-order chi connectivity index (χ0) is 32.0. The number of nitrogens with zero attached hydrogens (tertiary/aromatic N) is 4. The average Bonchev–Trinajstić information content (AvgIpc) is 3.62. The van der Waals surface area contributed by atoms with Gasteiger partial charge in [-0.1, -0.05) is 43.2 Å². The highest BCUT2D eigenvalue weighted by Gasteiger charge is 2.78. The largest absolute Gasteiger partial charge is 0.396 e. The van der Waals surface area contributed by atoms with E-state index in [1.54, 1.807) is 26.9 Å². The zero-order valence-corrected chi connectivity index (χ0v) is 26.8. The standard InChI is InChI=1S/C35H50N4O6/c1-4-17-37(21-20-36-22-25-44-26-23-36)33(43)30-35-16-15-34(3,45-35)28(29(35)32(42)39(30)19-11-6-7-12-24-40)31(41)38(18-5-2)27-13-9-8-10-14-27/h4-5,8-10,13-14,28-30,40H,1-2,6-7,11-12,15-26H2,3H3/t28-,29+,30?,34+,35?/m1/s1. The minimum absolute atomic E-state index is 0.132. The lowest BCUT2D eigenvalue weighted by Crippen LogP contribution is -2.57. The fourth-order valence-electron chi connectivity index (χ4n) is 8.00. The molecule has 4 saturated heterocycles. The number of ether oxygens (including phenoxy) is 2. The number of aliphatic hydroxyl groups excluding tert-OH is 1. The summed E-state index contributed by atoms with van der Waals surface area (Å²) in [5.41, 5.74) is -1.21. The SMILES string of the molecule is C=CCN(CCN1CCOCC1)C(=O)C1N(CCCCCCO)C(=O)[C@@H]2[C@H](C(=O)N(CC=C)c3ccccc3)[C@]3(C)CCC12O3. The lowest BCUT2D eigenvalue weighted by atomic mass is 9.66. The number of hydrogen-bond donors (Lipinski definition) is 1. The van der Waals surface area contributed by atoms with Crippen molar-refractivity contribution < 1.29 is 29.0 Å². The van der Waals surface area contributed by atoms with Crippen LogP contribution < -0.4 is 4.90 Å². The summed E-state index contributed by atoms with van der Waals surface area (Å²) in [6, 6.07) is 8.63. The molecule has 1 spiro atoms. The summed E-state index contributed by atoms with van der Waals surface area (Å²) in [5.74, 6) is -1.96. The van der Waals surface area contributed by atoms with Crippen LogP contribution in [0.1, 0.15) is 45.4 Å². The predicted molar refractivity (Wildman–Crippen MR) is 173 cm³/mol.